The van der Waals surface area contributed by atoms with Gasteiger partial charge in [-0.3, -0.25) is 9.98 Å². The summed E-state index contributed by atoms with van der Waals surface area (Å²) >= 11 is 6.22. The maximum Gasteiger partial charge on any atom is 0.264 e. The second-order valence-corrected chi connectivity index (χ2v) is 15.1. The van der Waals surface area contributed by atoms with Crippen molar-refractivity contribution < 1.29 is 8.42 Å². The quantitative estimate of drug-likeness (QED) is 0.0870. The summed E-state index contributed by atoms with van der Waals surface area (Å²) < 4.78 is 30.1. The number of halogens is 1. The zero-order chi connectivity index (χ0) is 34.5. The number of para-hydroxylation sites is 1. The number of aryl methyl sites for hydroxylation is 2. The minimum atomic E-state index is -3.92. The first-order valence-electron chi connectivity index (χ1n) is 17.3. The Morgan fingerprint density at radius 3 is 2.44 bits per heavy atom. The van der Waals surface area contributed by atoms with E-state index in [1.807, 2.05) is 55.5 Å². The van der Waals surface area contributed by atoms with Crippen LogP contribution in [0, 0.1) is 6.92 Å². The van der Waals surface area contributed by atoms with Gasteiger partial charge in [0.1, 0.15) is 0 Å². The van der Waals surface area contributed by atoms with Gasteiger partial charge in [0.2, 0.25) is 5.96 Å². The van der Waals surface area contributed by atoms with Crippen LogP contribution in [-0.4, -0.2) is 49.7 Å². The number of pyridine rings is 1. The molecule has 0 saturated carbocycles. The number of hydrogen-bond acceptors (Lipinski definition) is 6. The number of anilines is 1. The summed E-state index contributed by atoms with van der Waals surface area (Å²) in [7, 11) is -3.92. The Labute approximate surface area is 299 Å². The van der Waals surface area contributed by atoms with Gasteiger partial charge in [0.15, 0.2) is 0 Å². The molecule has 1 aliphatic carbocycles. The van der Waals surface area contributed by atoms with Crippen molar-refractivity contribution in [3.63, 3.8) is 0 Å². The van der Waals surface area contributed by atoms with Crippen LogP contribution in [0.1, 0.15) is 59.5 Å². The predicted molar refractivity (Wildman–Crippen MR) is 204 cm³/mol. The minimum absolute atomic E-state index is 0.100. The van der Waals surface area contributed by atoms with Crippen molar-refractivity contribution in [1.82, 2.24) is 14.7 Å². The van der Waals surface area contributed by atoms with Crippen LogP contribution in [0.25, 0.3) is 10.9 Å². The van der Waals surface area contributed by atoms with Gasteiger partial charge in [-0.1, -0.05) is 90.0 Å². The van der Waals surface area contributed by atoms with Crippen LogP contribution in [-0.2, 0) is 22.9 Å². The van der Waals surface area contributed by atoms with Crippen molar-refractivity contribution in [2.45, 2.75) is 56.3 Å². The van der Waals surface area contributed by atoms with Crippen molar-refractivity contribution in [2.24, 2.45) is 10.1 Å². The predicted octanol–water partition coefficient (Wildman–Crippen LogP) is 8.11. The maximum absolute atomic E-state index is 13.7. The Balaban J connectivity index is 1.12. The molecule has 256 valence electrons. The van der Waals surface area contributed by atoms with E-state index in [1.165, 1.54) is 29.8 Å². The van der Waals surface area contributed by atoms with Crippen LogP contribution >= 0.6 is 11.6 Å². The Morgan fingerprint density at radius 1 is 0.900 bits per heavy atom. The zero-order valence-corrected chi connectivity index (χ0v) is 29.7. The molecule has 8 nitrogen and oxygen atoms in total. The summed E-state index contributed by atoms with van der Waals surface area (Å²) in [6, 6.07) is 32.9. The molecule has 0 radical (unpaired) electrons. The highest BCUT2D eigenvalue weighted by atomic mass is 35.5. The number of aromatic nitrogens is 1. The number of fused-ring (bicyclic) bond motifs is 2. The van der Waals surface area contributed by atoms with Crippen LogP contribution in [0.2, 0.25) is 5.02 Å². The average molecular weight is 705 g/mol. The lowest BCUT2D eigenvalue weighted by molar-refractivity contribution is 0.460. The van der Waals surface area contributed by atoms with Crippen molar-refractivity contribution in [3.8, 4) is 0 Å². The number of hydrogen-bond donors (Lipinski definition) is 2. The van der Waals surface area contributed by atoms with E-state index in [2.05, 4.69) is 40.4 Å². The highest BCUT2D eigenvalue weighted by Crippen LogP contribution is 2.33. The highest BCUT2D eigenvalue weighted by Gasteiger charge is 2.33. The monoisotopic (exact) mass is 704 g/mol. The van der Waals surface area contributed by atoms with Crippen LogP contribution in [0.15, 0.2) is 118 Å². The number of unbranched alkanes of at least 4 members (excludes halogenated alkanes) is 1. The number of rotatable bonds is 10. The Bertz CT molecular complexity index is 2140. The standard InChI is InChI=1S/C40H41ClN6O2S/c1-28-17-23-32(24-18-28)50(48,49)46-40(47-27-35(29-11-3-2-4-12-29)38(45-47)30-19-21-31(41)22-20-30)43-26-10-9-25-42-39-33-13-5-7-15-36(33)44-37-16-8-6-14-34(37)39/h2-5,7,11-13,15,17-24,35H,6,8-10,14,16,25-27H2,1H3,(H,42,44)(H,43,46)/t35-/m1/s1. The molecule has 4 aromatic carbocycles. The van der Waals surface area contributed by atoms with Crippen LogP contribution in [0.3, 0.4) is 0 Å². The van der Waals surface area contributed by atoms with E-state index in [4.69, 9.17) is 26.7 Å². The second kappa shape index (κ2) is 15.0. The Morgan fingerprint density at radius 2 is 1.64 bits per heavy atom. The van der Waals surface area contributed by atoms with E-state index < -0.39 is 10.0 Å². The third-order valence-corrected chi connectivity index (χ3v) is 11.0. The Kier molecular flexibility index (Phi) is 10.1. The fraction of sp³-hybridized carbons (Fsp3) is 0.275. The molecule has 1 aromatic heterocycles. The number of nitrogens with zero attached hydrogens (tertiary/aromatic N) is 4. The van der Waals surface area contributed by atoms with Gasteiger partial charge in [-0.25, -0.2) is 18.1 Å². The zero-order valence-electron chi connectivity index (χ0n) is 28.1. The third kappa shape index (κ3) is 7.54. The molecule has 50 heavy (non-hydrogen) atoms. The fourth-order valence-electron chi connectivity index (χ4n) is 6.73. The first kappa shape index (κ1) is 33.8. The van der Waals surface area contributed by atoms with Gasteiger partial charge >= 0.3 is 0 Å². The fourth-order valence-corrected chi connectivity index (χ4v) is 7.88. The Hall–Kier alpha value is -4.73. The lowest BCUT2D eigenvalue weighted by atomic mass is 9.91. The van der Waals surface area contributed by atoms with Gasteiger partial charge in [0, 0.05) is 40.8 Å². The molecule has 2 N–H and O–H groups in total. The molecule has 1 aliphatic heterocycles. The summed E-state index contributed by atoms with van der Waals surface area (Å²) in [6.07, 6.45) is 6.05. The van der Waals surface area contributed by atoms with Crippen molar-refractivity contribution in [1.29, 1.82) is 0 Å². The summed E-state index contributed by atoms with van der Waals surface area (Å²) in [5, 5.41) is 12.2. The summed E-state index contributed by atoms with van der Waals surface area (Å²) in [6.45, 7) is 3.57. The molecule has 0 unspecified atom stereocenters. The number of nitrogens with one attached hydrogen (secondary N) is 2. The van der Waals surface area contributed by atoms with E-state index in [0.29, 0.717) is 18.1 Å². The van der Waals surface area contributed by atoms with Crippen molar-refractivity contribution in [2.75, 3.05) is 25.0 Å². The summed E-state index contributed by atoms with van der Waals surface area (Å²) in [5.74, 6) is 0.106. The average Bonchev–Trinajstić information content (AvgIpc) is 3.58. The van der Waals surface area contributed by atoms with E-state index in [0.717, 1.165) is 65.5 Å². The topological polar surface area (TPSA) is 99.0 Å². The molecule has 2 aliphatic rings. The highest BCUT2D eigenvalue weighted by molar-refractivity contribution is 7.90. The molecule has 1 atom stereocenters. The van der Waals surface area contributed by atoms with E-state index in [1.54, 1.807) is 29.3 Å². The van der Waals surface area contributed by atoms with Crippen LogP contribution in [0.4, 0.5) is 5.69 Å². The van der Waals surface area contributed by atoms with E-state index >= 15 is 0 Å². The first-order valence-corrected chi connectivity index (χ1v) is 19.2. The van der Waals surface area contributed by atoms with Gasteiger partial charge in [0.25, 0.3) is 10.0 Å². The molecule has 0 bridgehead atoms. The maximum atomic E-state index is 13.7. The van der Waals surface area contributed by atoms with Gasteiger partial charge < -0.3 is 5.32 Å². The molecule has 7 rings (SSSR count). The second-order valence-electron chi connectivity index (χ2n) is 12.9. The number of aliphatic imine (C=N–C) groups is 1. The summed E-state index contributed by atoms with van der Waals surface area (Å²) in [5.41, 5.74) is 8.60. The van der Waals surface area contributed by atoms with Gasteiger partial charge in [-0.05, 0) is 92.5 Å². The molecule has 5 aromatic rings. The van der Waals surface area contributed by atoms with E-state index in [-0.39, 0.29) is 16.8 Å². The minimum Gasteiger partial charge on any atom is -0.384 e. The first-order chi connectivity index (χ1) is 24.4. The molecule has 0 fully saturated rings. The molecular formula is C40H41ClN6O2S. The SMILES string of the molecule is Cc1ccc(S(=O)(=O)NC(=NCCCCNc2c3c(nc4ccccc24)CCCC3)N2C[C@H](c3ccccc3)C(c3ccc(Cl)cc3)=N2)cc1. The lowest BCUT2D eigenvalue weighted by Gasteiger charge is -2.21. The van der Waals surface area contributed by atoms with Gasteiger partial charge in [-0.15, -0.1) is 0 Å². The van der Waals surface area contributed by atoms with Crippen LogP contribution in [0.5, 0.6) is 0 Å². The number of guanidine groups is 1. The van der Waals surface area contributed by atoms with Gasteiger partial charge in [-0.2, -0.15) is 5.10 Å². The largest absolute Gasteiger partial charge is 0.384 e. The number of sulfonamides is 1. The molecule has 2 heterocycles. The third-order valence-electron chi connectivity index (χ3n) is 9.37. The normalized spacial score (nSPS) is 16.3. The number of benzene rings is 4. The van der Waals surface area contributed by atoms with Crippen molar-refractivity contribution in [3.05, 3.63) is 136 Å². The molecular weight excluding hydrogens is 664 g/mol. The van der Waals surface area contributed by atoms with E-state index in [9.17, 15) is 8.42 Å². The molecule has 0 amide bonds. The molecule has 10 heteroatoms. The molecule has 0 saturated heterocycles. The molecule has 0 spiro atoms. The number of hydrazone groups is 1. The summed E-state index contributed by atoms with van der Waals surface area (Å²) in [4.78, 5) is 9.99. The van der Waals surface area contributed by atoms with Gasteiger partial charge in [0.05, 0.1) is 22.7 Å². The smallest absolute Gasteiger partial charge is 0.264 e. The van der Waals surface area contributed by atoms with Crippen molar-refractivity contribution >= 4 is 49.9 Å². The lowest BCUT2D eigenvalue weighted by Crippen LogP contribution is -2.41. The van der Waals surface area contributed by atoms with Crippen LogP contribution < -0.4 is 10.0 Å².